The molecule has 0 atom stereocenters. The molecule has 0 fully saturated rings. The number of rotatable bonds is 5. The summed E-state index contributed by atoms with van der Waals surface area (Å²) in [6.07, 6.45) is 0.861. The summed E-state index contributed by atoms with van der Waals surface area (Å²) < 4.78 is 24.8. The number of aromatic carboxylic acids is 1. The molecule has 0 aliphatic heterocycles. The molecule has 0 aromatic heterocycles. The maximum atomic E-state index is 12.4. The Kier molecular flexibility index (Phi) is 5.24. The number of hydrogen-bond donors (Lipinski definition) is 1. The van der Waals surface area contributed by atoms with Crippen LogP contribution in [0.4, 0.5) is 0 Å². The van der Waals surface area contributed by atoms with Crippen LogP contribution in [-0.4, -0.2) is 24.7 Å². The van der Waals surface area contributed by atoms with Gasteiger partial charge < -0.3 is 5.11 Å². The molecule has 19 heavy (non-hydrogen) atoms. The Labute approximate surface area is 122 Å². The van der Waals surface area contributed by atoms with Crippen molar-refractivity contribution in [3.8, 4) is 0 Å². The Balaban J connectivity index is 3.54. The predicted molar refractivity (Wildman–Crippen MR) is 75.0 cm³/mol. The van der Waals surface area contributed by atoms with Crippen LogP contribution in [-0.2, 0) is 9.84 Å². The standard InChI is InChI=1S/C12H14Cl2O4S/c1-3-7(4-2)19(17,18)9-6-5-8(13)10(11(9)14)12(15)16/h5-7H,3-4H2,1-2H3,(H,15,16). The van der Waals surface area contributed by atoms with Gasteiger partial charge in [0.05, 0.1) is 25.8 Å². The number of hydrogen-bond acceptors (Lipinski definition) is 3. The lowest BCUT2D eigenvalue weighted by Gasteiger charge is -2.16. The van der Waals surface area contributed by atoms with Crippen LogP contribution in [0.5, 0.6) is 0 Å². The fraction of sp³-hybridized carbons (Fsp3) is 0.417. The average molecular weight is 325 g/mol. The largest absolute Gasteiger partial charge is 0.478 e. The van der Waals surface area contributed by atoms with Crippen LogP contribution >= 0.6 is 23.2 Å². The molecule has 1 rings (SSSR count). The van der Waals surface area contributed by atoms with E-state index in [1.807, 2.05) is 0 Å². The Morgan fingerprint density at radius 1 is 1.26 bits per heavy atom. The van der Waals surface area contributed by atoms with Crippen LogP contribution in [0.25, 0.3) is 0 Å². The maximum Gasteiger partial charge on any atom is 0.338 e. The molecule has 0 aliphatic rings. The molecule has 0 amide bonds. The summed E-state index contributed by atoms with van der Waals surface area (Å²) >= 11 is 11.6. The minimum absolute atomic E-state index is 0.0824. The summed E-state index contributed by atoms with van der Waals surface area (Å²) in [4.78, 5) is 10.9. The zero-order valence-corrected chi connectivity index (χ0v) is 12.8. The minimum Gasteiger partial charge on any atom is -0.478 e. The molecule has 0 unspecified atom stereocenters. The van der Waals surface area contributed by atoms with Crippen molar-refractivity contribution in [3.05, 3.63) is 27.7 Å². The number of halogens is 2. The summed E-state index contributed by atoms with van der Waals surface area (Å²) in [5.41, 5.74) is -0.379. The van der Waals surface area contributed by atoms with Crippen molar-refractivity contribution >= 4 is 39.0 Å². The zero-order valence-electron chi connectivity index (χ0n) is 10.5. The SMILES string of the molecule is CCC(CC)S(=O)(=O)c1ccc(Cl)c(C(=O)O)c1Cl. The van der Waals surface area contributed by atoms with Crippen LogP contribution in [0.15, 0.2) is 17.0 Å². The van der Waals surface area contributed by atoms with Gasteiger partial charge >= 0.3 is 5.97 Å². The third-order valence-electron chi connectivity index (χ3n) is 2.93. The summed E-state index contributed by atoms with van der Waals surface area (Å²) in [5.74, 6) is -1.35. The van der Waals surface area contributed by atoms with Crippen molar-refractivity contribution in [1.29, 1.82) is 0 Å². The molecular formula is C12H14Cl2O4S. The topological polar surface area (TPSA) is 71.4 Å². The Bertz CT molecular complexity index is 592. The fourth-order valence-corrected chi connectivity index (χ4v) is 4.56. The number of sulfone groups is 1. The second-order valence-electron chi connectivity index (χ2n) is 4.02. The summed E-state index contributed by atoms with van der Waals surface area (Å²) in [7, 11) is -3.66. The van der Waals surface area contributed by atoms with Crippen molar-refractivity contribution in [2.45, 2.75) is 36.8 Å². The van der Waals surface area contributed by atoms with E-state index in [9.17, 15) is 13.2 Å². The van der Waals surface area contributed by atoms with Crippen molar-refractivity contribution in [2.24, 2.45) is 0 Å². The third kappa shape index (κ3) is 3.04. The lowest BCUT2D eigenvalue weighted by atomic mass is 10.2. The molecule has 0 aliphatic carbocycles. The van der Waals surface area contributed by atoms with E-state index in [0.29, 0.717) is 12.8 Å². The van der Waals surface area contributed by atoms with Gasteiger partial charge in [-0.25, -0.2) is 13.2 Å². The molecular weight excluding hydrogens is 311 g/mol. The van der Waals surface area contributed by atoms with E-state index in [-0.39, 0.29) is 20.5 Å². The number of carboxylic acids is 1. The molecule has 0 saturated heterocycles. The van der Waals surface area contributed by atoms with Crippen molar-refractivity contribution in [1.82, 2.24) is 0 Å². The van der Waals surface area contributed by atoms with Crippen molar-refractivity contribution in [2.75, 3.05) is 0 Å². The molecule has 0 radical (unpaired) electrons. The predicted octanol–water partition coefficient (Wildman–Crippen LogP) is 3.65. The molecule has 4 nitrogen and oxygen atoms in total. The normalized spacial score (nSPS) is 11.8. The van der Waals surface area contributed by atoms with Crippen LogP contribution in [0.2, 0.25) is 10.0 Å². The van der Waals surface area contributed by atoms with Gasteiger partial charge in [0, 0.05) is 0 Å². The molecule has 106 valence electrons. The van der Waals surface area contributed by atoms with E-state index in [0.717, 1.165) is 0 Å². The Morgan fingerprint density at radius 3 is 2.21 bits per heavy atom. The first-order chi connectivity index (χ1) is 8.77. The highest BCUT2D eigenvalue weighted by atomic mass is 35.5. The minimum atomic E-state index is -3.66. The Hall–Kier alpha value is -0.780. The molecule has 0 saturated carbocycles. The molecule has 1 aromatic carbocycles. The summed E-state index contributed by atoms with van der Waals surface area (Å²) in [6, 6.07) is 2.50. The molecule has 0 spiro atoms. The Morgan fingerprint density at radius 2 is 1.79 bits per heavy atom. The maximum absolute atomic E-state index is 12.4. The van der Waals surface area contributed by atoms with Crippen LogP contribution < -0.4 is 0 Å². The van der Waals surface area contributed by atoms with Gasteiger partial charge in [-0.1, -0.05) is 37.0 Å². The molecule has 0 bridgehead atoms. The molecule has 7 heteroatoms. The lowest BCUT2D eigenvalue weighted by molar-refractivity contribution is 0.0697. The highest BCUT2D eigenvalue weighted by Crippen LogP contribution is 2.34. The summed E-state index contributed by atoms with van der Waals surface area (Å²) in [5, 5.41) is 8.03. The van der Waals surface area contributed by atoms with E-state index in [1.165, 1.54) is 12.1 Å². The molecule has 0 heterocycles. The zero-order chi connectivity index (χ0) is 14.8. The molecule has 1 N–H and O–H groups in total. The van der Waals surface area contributed by atoms with Crippen molar-refractivity contribution < 1.29 is 18.3 Å². The van der Waals surface area contributed by atoms with Gasteiger partial charge in [0.2, 0.25) is 0 Å². The number of benzene rings is 1. The van der Waals surface area contributed by atoms with Crippen LogP contribution in [0, 0.1) is 0 Å². The van der Waals surface area contributed by atoms with Crippen molar-refractivity contribution in [3.63, 3.8) is 0 Å². The average Bonchev–Trinajstić information content (AvgIpc) is 2.29. The van der Waals surface area contributed by atoms with Gasteiger partial charge in [-0.2, -0.15) is 0 Å². The van der Waals surface area contributed by atoms with E-state index in [4.69, 9.17) is 28.3 Å². The second-order valence-corrected chi connectivity index (χ2v) is 7.00. The van der Waals surface area contributed by atoms with Crippen LogP contribution in [0.3, 0.4) is 0 Å². The van der Waals surface area contributed by atoms with Crippen LogP contribution in [0.1, 0.15) is 37.0 Å². The fourth-order valence-electron chi connectivity index (χ4n) is 1.86. The van der Waals surface area contributed by atoms with E-state index >= 15 is 0 Å². The number of carbonyl (C=O) groups is 1. The van der Waals surface area contributed by atoms with E-state index in [2.05, 4.69) is 0 Å². The highest BCUT2D eigenvalue weighted by molar-refractivity contribution is 7.92. The van der Waals surface area contributed by atoms with Gasteiger partial charge in [0.1, 0.15) is 0 Å². The van der Waals surface area contributed by atoms with Gasteiger partial charge in [-0.15, -0.1) is 0 Å². The first-order valence-corrected chi connectivity index (χ1v) is 8.02. The van der Waals surface area contributed by atoms with Gasteiger partial charge in [-0.3, -0.25) is 0 Å². The first kappa shape index (κ1) is 16.3. The lowest BCUT2D eigenvalue weighted by Crippen LogP contribution is -2.20. The first-order valence-electron chi connectivity index (χ1n) is 5.72. The van der Waals surface area contributed by atoms with Gasteiger partial charge in [0.15, 0.2) is 9.84 Å². The van der Waals surface area contributed by atoms with Gasteiger partial charge in [-0.05, 0) is 25.0 Å². The van der Waals surface area contributed by atoms with E-state index in [1.54, 1.807) is 13.8 Å². The quantitative estimate of drug-likeness (QED) is 0.897. The second kappa shape index (κ2) is 6.11. The monoisotopic (exact) mass is 324 g/mol. The molecule has 1 aromatic rings. The third-order valence-corrected chi connectivity index (χ3v) is 6.24. The van der Waals surface area contributed by atoms with E-state index < -0.39 is 21.1 Å². The highest BCUT2D eigenvalue weighted by Gasteiger charge is 2.29. The summed E-state index contributed by atoms with van der Waals surface area (Å²) in [6.45, 7) is 3.52. The number of carboxylic acid groups (broad SMARTS) is 1. The smallest absolute Gasteiger partial charge is 0.338 e. The van der Waals surface area contributed by atoms with Gasteiger partial charge in [0.25, 0.3) is 0 Å².